The van der Waals surface area contributed by atoms with E-state index < -0.39 is 5.97 Å². The highest BCUT2D eigenvalue weighted by atomic mass is 35.5. The minimum absolute atomic E-state index is 0. The van der Waals surface area contributed by atoms with Crippen LogP contribution in [0.25, 0.3) is 0 Å². The number of unbranched alkanes of at least 4 members (excludes halogenated alkanes) is 1. The lowest BCUT2D eigenvalue weighted by Gasteiger charge is -2.25. The number of carboxylic acid groups (broad SMARTS) is 1. The topological polar surface area (TPSA) is 43.8 Å². The van der Waals surface area contributed by atoms with E-state index in [9.17, 15) is 4.79 Å². The largest absolute Gasteiger partial charge is 0.480 e. The van der Waals surface area contributed by atoms with Crippen molar-refractivity contribution in [2.24, 2.45) is 0 Å². The molecule has 0 aromatic rings. The second-order valence-electron chi connectivity index (χ2n) is 5.09. The van der Waals surface area contributed by atoms with Gasteiger partial charge < -0.3 is 10.0 Å². The fourth-order valence-corrected chi connectivity index (χ4v) is 2.53. The molecule has 108 valence electrons. The first-order chi connectivity index (χ1) is 8.13. The third-order valence-corrected chi connectivity index (χ3v) is 3.63. The van der Waals surface area contributed by atoms with E-state index in [0.717, 1.165) is 19.4 Å². The van der Waals surface area contributed by atoms with Crippen molar-refractivity contribution in [2.75, 3.05) is 33.2 Å². The van der Waals surface area contributed by atoms with Gasteiger partial charge in [-0.1, -0.05) is 13.3 Å². The number of hydrogen-bond donors (Lipinski definition) is 1. The minimum Gasteiger partial charge on any atom is -0.480 e. The Labute approximate surface area is 117 Å². The average molecular weight is 279 g/mol. The molecule has 1 unspecified atom stereocenters. The zero-order valence-corrected chi connectivity index (χ0v) is 12.4. The first kappa shape index (κ1) is 17.7. The summed E-state index contributed by atoms with van der Waals surface area (Å²) >= 11 is 0. The molecule has 0 aromatic carbocycles. The first-order valence-electron chi connectivity index (χ1n) is 6.78. The Hall–Kier alpha value is -0.320. The summed E-state index contributed by atoms with van der Waals surface area (Å²) in [5.41, 5.74) is 0. The first-order valence-corrected chi connectivity index (χ1v) is 6.78. The van der Waals surface area contributed by atoms with Gasteiger partial charge in [0.2, 0.25) is 0 Å². The van der Waals surface area contributed by atoms with Crippen LogP contribution in [0.1, 0.15) is 39.0 Å². The quantitative estimate of drug-likeness (QED) is 0.808. The van der Waals surface area contributed by atoms with E-state index in [1.807, 2.05) is 11.9 Å². The highest BCUT2D eigenvalue weighted by Crippen LogP contribution is 2.16. The van der Waals surface area contributed by atoms with E-state index in [1.54, 1.807) is 0 Å². The van der Waals surface area contributed by atoms with E-state index in [1.165, 1.54) is 32.4 Å². The number of rotatable bonds is 6. The molecule has 1 aliphatic rings. The molecule has 18 heavy (non-hydrogen) atoms. The highest BCUT2D eigenvalue weighted by molar-refractivity contribution is 5.85. The van der Waals surface area contributed by atoms with Crippen LogP contribution in [0.4, 0.5) is 0 Å². The van der Waals surface area contributed by atoms with E-state index in [4.69, 9.17) is 5.11 Å². The number of hydrogen-bond acceptors (Lipinski definition) is 3. The number of aliphatic carboxylic acids is 1. The van der Waals surface area contributed by atoms with E-state index in [0.29, 0.717) is 6.04 Å². The number of carbonyl (C=O) groups is 1. The van der Waals surface area contributed by atoms with Crippen LogP contribution in [0.5, 0.6) is 0 Å². The molecule has 0 bridgehead atoms. The number of nitrogens with zero attached hydrogens (tertiary/aromatic N) is 2. The Morgan fingerprint density at radius 3 is 2.72 bits per heavy atom. The summed E-state index contributed by atoms with van der Waals surface area (Å²) in [7, 11) is 1.93. The molecule has 1 saturated heterocycles. The summed E-state index contributed by atoms with van der Waals surface area (Å²) in [6, 6.07) is 0.442. The Morgan fingerprint density at radius 1 is 1.39 bits per heavy atom. The van der Waals surface area contributed by atoms with Gasteiger partial charge in [-0.05, 0) is 52.4 Å². The van der Waals surface area contributed by atoms with Crippen molar-refractivity contribution < 1.29 is 9.90 Å². The molecule has 0 spiro atoms. The highest BCUT2D eigenvalue weighted by Gasteiger charge is 2.21. The Morgan fingerprint density at radius 2 is 2.11 bits per heavy atom. The zero-order valence-electron chi connectivity index (χ0n) is 11.6. The lowest BCUT2D eigenvalue weighted by atomic mass is 10.1. The van der Waals surface area contributed by atoms with Gasteiger partial charge in [0.05, 0.1) is 6.54 Å². The van der Waals surface area contributed by atoms with Crippen LogP contribution in [0.15, 0.2) is 0 Å². The third kappa shape index (κ3) is 6.57. The number of halogens is 1. The Bertz CT molecular complexity index is 239. The second kappa shape index (κ2) is 9.59. The van der Waals surface area contributed by atoms with Gasteiger partial charge in [-0.25, -0.2) is 0 Å². The van der Waals surface area contributed by atoms with Gasteiger partial charge >= 0.3 is 5.97 Å². The monoisotopic (exact) mass is 278 g/mol. The van der Waals surface area contributed by atoms with Gasteiger partial charge in [-0.3, -0.25) is 9.69 Å². The van der Waals surface area contributed by atoms with Crippen molar-refractivity contribution in [3.63, 3.8) is 0 Å². The van der Waals surface area contributed by atoms with Gasteiger partial charge in [0.25, 0.3) is 0 Å². The predicted molar refractivity (Wildman–Crippen MR) is 76.5 cm³/mol. The zero-order chi connectivity index (χ0) is 12.7. The number of likely N-dealkylation sites (tertiary alicyclic amines) is 1. The molecule has 0 aromatic heterocycles. The molecule has 1 fully saturated rings. The van der Waals surface area contributed by atoms with Crippen molar-refractivity contribution in [3.05, 3.63) is 0 Å². The fourth-order valence-electron chi connectivity index (χ4n) is 2.53. The molecule has 0 aliphatic carbocycles. The van der Waals surface area contributed by atoms with Gasteiger partial charge in [0.1, 0.15) is 0 Å². The molecular weight excluding hydrogens is 252 g/mol. The van der Waals surface area contributed by atoms with Crippen LogP contribution in [-0.4, -0.2) is 60.1 Å². The maximum atomic E-state index is 10.7. The summed E-state index contributed by atoms with van der Waals surface area (Å²) in [4.78, 5) is 15.2. The van der Waals surface area contributed by atoms with Crippen molar-refractivity contribution in [3.8, 4) is 0 Å². The fraction of sp³-hybridized carbons (Fsp3) is 0.923. The van der Waals surface area contributed by atoms with Crippen LogP contribution in [0.3, 0.4) is 0 Å². The molecule has 1 rings (SSSR count). The second-order valence-corrected chi connectivity index (χ2v) is 5.09. The molecule has 1 aliphatic heterocycles. The summed E-state index contributed by atoms with van der Waals surface area (Å²) in [5, 5.41) is 8.80. The van der Waals surface area contributed by atoms with E-state index in [2.05, 4.69) is 11.8 Å². The molecule has 1 heterocycles. The van der Waals surface area contributed by atoms with Gasteiger partial charge in [-0.2, -0.15) is 0 Å². The smallest absolute Gasteiger partial charge is 0.317 e. The van der Waals surface area contributed by atoms with Gasteiger partial charge in [-0.15, -0.1) is 12.4 Å². The molecule has 0 saturated carbocycles. The van der Waals surface area contributed by atoms with E-state index in [-0.39, 0.29) is 19.0 Å². The van der Waals surface area contributed by atoms with Gasteiger partial charge in [0, 0.05) is 6.04 Å². The van der Waals surface area contributed by atoms with Crippen LogP contribution < -0.4 is 0 Å². The van der Waals surface area contributed by atoms with Crippen LogP contribution in [-0.2, 0) is 4.79 Å². The molecule has 0 radical (unpaired) electrons. The van der Waals surface area contributed by atoms with Crippen molar-refractivity contribution >= 4 is 18.4 Å². The average Bonchev–Trinajstić information content (AvgIpc) is 2.50. The molecule has 4 nitrogen and oxygen atoms in total. The van der Waals surface area contributed by atoms with Crippen LogP contribution in [0.2, 0.25) is 0 Å². The minimum atomic E-state index is -0.723. The Balaban J connectivity index is 0.00000289. The maximum absolute atomic E-state index is 10.7. The Kier molecular flexibility index (Phi) is 9.42. The van der Waals surface area contributed by atoms with Gasteiger partial charge in [0.15, 0.2) is 0 Å². The molecule has 0 amide bonds. The lowest BCUT2D eigenvalue weighted by molar-refractivity contribution is -0.138. The summed E-state index contributed by atoms with van der Waals surface area (Å²) in [6.07, 6.45) is 5.95. The molecular formula is C13H27ClN2O2. The molecule has 5 heteroatoms. The van der Waals surface area contributed by atoms with Crippen molar-refractivity contribution in [2.45, 2.75) is 45.1 Å². The number of likely N-dealkylation sites (N-methyl/N-ethyl adjacent to an activating group) is 1. The summed E-state index contributed by atoms with van der Waals surface area (Å²) in [6.45, 7) is 5.89. The summed E-state index contributed by atoms with van der Waals surface area (Å²) in [5.74, 6) is -0.723. The predicted octanol–water partition coefficient (Wildman–Crippen LogP) is 2.08. The number of carboxylic acids is 1. The lowest BCUT2D eigenvalue weighted by Crippen LogP contribution is -2.36. The normalized spacial score (nSPS) is 21.4. The van der Waals surface area contributed by atoms with Crippen LogP contribution in [0, 0.1) is 0 Å². The van der Waals surface area contributed by atoms with E-state index >= 15 is 0 Å². The maximum Gasteiger partial charge on any atom is 0.317 e. The van der Waals surface area contributed by atoms with Crippen molar-refractivity contribution in [1.29, 1.82) is 0 Å². The SMILES string of the molecule is CCCCN1CCCC(N(C)CC(=O)O)CC1.Cl. The standard InChI is InChI=1S/C13H26N2O2.ClH/c1-3-4-8-15-9-5-6-12(7-10-15)14(2)11-13(16)17;/h12H,3-11H2,1-2H3,(H,16,17);1H. The molecule has 1 N–H and O–H groups in total. The molecule has 1 atom stereocenters. The summed E-state index contributed by atoms with van der Waals surface area (Å²) < 4.78 is 0. The van der Waals surface area contributed by atoms with Crippen molar-refractivity contribution in [1.82, 2.24) is 9.80 Å². The van der Waals surface area contributed by atoms with Crippen LogP contribution >= 0.6 is 12.4 Å². The third-order valence-electron chi connectivity index (χ3n) is 3.63.